The van der Waals surface area contributed by atoms with Crippen LogP contribution in [-0.2, 0) is 9.53 Å². The van der Waals surface area contributed by atoms with E-state index in [9.17, 15) is 9.59 Å². The number of rotatable bonds is 7. The summed E-state index contributed by atoms with van der Waals surface area (Å²) in [5.74, 6) is 0.976. The fourth-order valence-corrected chi connectivity index (χ4v) is 3.73. The molecular formula is C26H26N2O5. The smallest absolute Gasteiger partial charge is 0.255 e. The molecule has 3 aromatic rings. The summed E-state index contributed by atoms with van der Waals surface area (Å²) >= 11 is 0. The Balaban J connectivity index is 1.50. The lowest BCUT2D eigenvalue weighted by molar-refractivity contribution is -0.124. The highest BCUT2D eigenvalue weighted by Crippen LogP contribution is 2.33. The Hall–Kier alpha value is -3.84. The predicted octanol–water partition coefficient (Wildman–Crippen LogP) is 4.74. The van der Waals surface area contributed by atoms with Crippen LogP contribution in [-0.4, -0.2) is 38.7 Å². The van der Waals surface area contributed by atoms with E-state index >= 15 is 0 Å². The summed E-state index contributed by atoms with van der Waals surface area (Å²) in [6.07, 6.45) is 1.15. The van der Waals surface area contributed by atoms with Gasteiger partial charge in [-0.05, 0) is 66.9 Å². The number of ether oxygens (including phenoxy) is 3. The van der Waals surface area contributed by atoms with E-state index < -0.39 is 6.10 Å². The van der Waals surface area contributed by atoms with E-state index in [4.69, 9.17) is 14.2 Å². The summed E-state index contributed by atoms with van der Waals surface area (Å²) in [7, 11) is 3.23. The minimum atomic E-state index is -0.432. The molecule has 2 amide bonds. The van der Waals surface area contributed by atoms with Gasteiger partial charge in [-0.2, -0.15) is 0 Å². The predicted molar refractivity (Wildman–Crippen MR) is 127 cm³/mol. The molecule has 1 fully saturated rings. The number of carbonyl (C=O) groups excluding carboxylic acids is 2. The fraction of sp³-hybridized carbons (Fsp3) is 0.231. The van der Waals surface area contributed by atoms with Crippen molar-refractivity contribution >= 4 is 23.2 Å². The minimum Gasteiger partial charge on any atom is -0.497 e. The number of anilines is 2. The molecule has 0 bridgehead atoms. The second-order valence-corrected chi connectivity index (χ2v) is 7.67. The van der Waals surface area contributed by atoms with Crippen LogP contribution in [0.15, 0.2) is 66.7 Å². The highest BCUT2D eigenvalue weighted by molar-refractivity contribution is 6.06. The third-order valence-corrected chi connectivity index (χ3v) is 5.47. The molecule has 170 valence electrons. The summed E-state index contributed by atoms with van der Waals surface area (Å²) in [5, 5.41) is 5.75. The fourth-order valence-electron chi connectivity index (χ4n) is 3.73. The highest BCUT2D eigenvalue weighted by atomic mass is 16.5. The van der Waals surface area contributed by atoms with Crippen molar-refractivity contribution in [3.05, 3.63) is 72.3 Å². The van der Waals surface area contributed by atoms with E-state index in [1.54, 1.807) is 44.6 Å². The number of benzene rings is 3. The lowest BCUT2D eigenvalue weighted by Gasteiger charge is -2.13. The standard InChI is InChI=1S/C26H26N2O5/c1-31-21-11-8-17(9-12-21)22-16-20(10-13-23(22)32-2)27-25(29)18-5-3-6-19(15-18)28-26(30)24-7-4-14-33-24/h3,5-6,8-13,15-16,24H,4,7,14H2,1-2H3,(H,27,29)(H,28,30)/t24-/m1/s1. The molecule has 1 saturated heterocycles. The van der Waals surface area contributed by atoms with Crippen molar-refractivity contribution < 1.29 is 23.8 Å². The first-order valence-electron chi connectivity index (χ1n) is 10.7. The van der Waals surface area contributed by atoms with Crippen LogP contribution in [0.2, 0.25) is 0 Å². The van der Waals surface area contributed by atoms with Gasteiger partial charge in [0.25, 0.3) is 11.8 Å². The number of hydrogen-bond acceptors (Lipinski definition) is 5. The van der Waals surface area contributed by atoms with Crippen LogP contribution in [0.4, 0.5) is 11.4 Å². The Morgan fingerprint density at radius 1 is 0.909 bits per heavy atom. The molecule has 0 saturated carbocycles. The van der Waals surface area contributed by atoms with Crippen LogP contribution < -0.4 is 20.1 Å². The lowest BCUT2D eigenvalue weighted by atomic mass is 10.0. The van der Waals surface area contributed by atoms with Crippen LogP contribution in [0, 0.1) is 0 Å². The monoisotopic (exact) mass is 446 g/mol. The van der Waals surface area contributed by atoms with Gasteiger partial charge in [-0.1, -0.05) is 18.2 Å². The van der Waals surface area contributed by atoms with E-state index in [-0.39, 0.29) is 11.8 Å². The number of nitrogens with one attached hydrogen (secondary N) is 2. The zero-order valence-corrected chi connectivity index (χ0v) is 18.6. The molecule has 4 rings (SSSR count). The zero-order valence-electron chi connectivity index (χ0n) is 18.6. The molecular weight excluding hydrogens is 420 g/mol. The van der Waals surface area contributed by atoms with Gasteiger partial charge in [-0.3, -0.25) is 9.59 Å². The summed E-state index contributed by atoms with van der Waals surface area (Å²) in [4.78, 5) is 25.2. The van der Waals surface area contributed by atoms with E-state index in [2.05, 4.69) is 10.6 Å². The van der Waals surface area contributed by atoms with Crippen molar-refractivity contribution in [1.82, 2.24) is 0 Å². The van der Waals surface area contributed by atoms with Crippen molar-refractivity contribution in [1.29, 1.82) is 0 Å². The molecule has 2 N–H and O–H groups in total. The van der Waals surface area contributed by atoms with E-state index in [1.807, 2.05) is 36.4 Å². The molecule has 0 radical (unpaired) electrons. The van der Waals surface area contributed by atoms with Crippen LogP contribution in [0.1, 0.15) is 23.2 Å². The molecule has 7 nitrogen and oxygen atoms in total. The average molecular weight is 447 g/mol. The first-order chi connectivity index (χ1) is 16.1. The molecule has 0 aliphatic carbocycles. The first kappa shape index (κ1) is 22.4. The van der Waals surface area contributed by atoms with Crippen molar-refractivity contribution in [3.8, 4) is 22.6 Å². The normalized spacial score (nSPS) is 15.0. The van der Waals surface area contributed by atoms with Gasteiger partial charge in [-0.25, -0.2) is 0 Å². The summed E-state index contributed by atoms with van der Waals surface area (Å²) < 4.78 is 16.1. The number of amides is 2. The van der Waals surface area contributed by atoms with E-state index in [1.165, 1.54) is 0 Å². The first-order valence-corrected chi connectivity index (χ1v) is 10.7. The maximum atomic E-state index is 12.9. The van der Waals surface area contributed by atoms with Crippen molar-refractivity contribution in [2.45, 2.75) is 18.9 Å². The topological polar surface area (TPSA) is 85.9 Å². The average Bonchev–Trinajstić information content (AvgIpc) is 3.39. The molecule has 0 unspecified atom stereocenters. The molecule has 3 aromatic carbocycles. The summed E-state index contributed by atoms with van der Waals surface area (Å²) in [6, 6.07) is 19.9. The molecule has 1 aliphatic heterocycles. The molecule has 1 atom stereocenters. The second-order valence-electron chi connectivity index (χ2n) is 7.67. The molecule has 0 aromatic heterocycles. The third kappa shape index (κ3) is 5.32. The second kappa shape index (κ2) is 10.2. The van der Waals surface area contributed by atoms with Gasteiger partial charge < -0.3 is 24.8 Å². The summed E-state index contributed by atoms with van der Waals surface area (Å²) in [6.45, 7) is 0.598. The van der Waals surface area contributed by atoms with Crippen molar-refractivity contribution in [2.24, 2.45) is 0 Å². The maximum Gasteiger partial charge on any atom is 0.255 e. The van der Waals surface area contributed by atoms with Crippen molar-refractivity contribution in [2.75, 3.05) is 31.5 Å². The molecule has 1 aliphatic rings. The van der Waals surface area contributed by atoms with Gasteiger partial charge in [0.15, 0.2) is 0 Å². The van der Waals surface area contributed by atoms with Gasteiger partial charge in [0, 0.05) is 29.1 Å². The van der Waals surface area contributed by atoms with Gasteiger partial charge in [0.1, 0.15) is 17.6 Å². The van der Waals surface area contributed by atoms with Crippen LogP contribution >= 0.6 is 0 Å². The number of methoxy groups -OCH3 is 2. The van der Waals surface area contributed by atoms with Crippen molar-refractivity contribution in [3.63, 3.8) is 0 Å². The summed E-state index contributed by atoms with van der Waals surface area (Å²) in [5.41, 5.74) is 3.39. The largest absolute Gasteiger partial charge is 0.497 e. The van der Waals surface area contributed by atoms with E-state index in [0.717, 1.165) is 23.3 Å². The van der Waals surface area contributed by atoms with Gasteiger partial charge in [0.2, 0.25) is 0 Å². The molecule has 7 heteroatoms. The third-order valence-electron chi connectivity index (χ3n) is 5.47. The van der Waals surface area contributed by atoms with Gasteiger partial charge in [0.05, 0.1) is 14.2 Å². The molecule has 1 heterocycles. The Bertz CT molecular complexity index is 1140. The Morgan fingerprint density at radius 2 is 1.70 bits per heavy atom. The maximum absolute atomic E-state index is 12.9. The van der Waals surface area contributed by atoms with Gasteiger partial charge >= 0.3 is 0 Å². The van der Waals surface area contributed by atoms with Crippen LogP contribution in [0.3, 0.4) is 0 Å². The quantitative estimate of drug-likeness (QED) is 0.548. The zero-order chi connectivity index (χ0) is 23.2. The minimum absolute atomic E-state index is 0.190. The SMILES string of the molecule is COc1ccc(-c2cc(NC(=O)c3cccc(NC(=O)[C@H]4CCCO4)c3)ccc2OC)cc1. The number of hydrogen-bond donors (Lipinski definition) is 2. The highest BCUT2D eigenvalue weighted by Gasteiger charge is 2.23. The molecule has 0 spiro atoms. The van der Waals surface area contributed by atoms with E-state index in [0.29, 0.717) is 35.7 Å². The van der Waals surface area contributed by atoms with Crippen LogP contribution in [0.25, 0.3) is 11.1 Å². The Labute approximate surface area is 192 Å². The number of carbonyl (C=O) groups is 2. The lowest BCUT2D eigenvalue weighted by Crippen LogP contribution is -2.27. The Kier molecular flexibility index (Phi) is 6.90. The van der Waals surface area contributed by atoms with Crippen LogP contribution in [0.5, 0.6) is 11.5 Å². The van der Waals surface area contributed by atoms with Gasteiger partial charge in [-0.15, -0.1) is 0 Å². The Morgan fingerprint density at radius 3 is 2.39 bits per heavy atom. The molecule has 33 heavy (non-hydrogen) atoms.